The average molecular weight is 269 g/mol. The maximum absolute atomic E-state index is 5.77. The number of rotatable bonds is 6. The molecule has 2 heteroatoms. The van der Waals surface area contributed by atoms with Crippen molar-refractivity contribution in [2.24, 2.45) is 0 Å². The highest BCUT2D eigenvalue weighted by atomic mass is 16.5. The Hall–Kier alpha value is -1.96. The van der Waals surface area contributed by atoms with Gasteiger partial charge >= 0.3 is 0 Å². The van der Waals surface area contributed by atoms with E-state index in [0.717, 1.165) is 24.4 Å². The number of hydrogen-bond donors (Lipinski definition) is 1. The molecule has 0 aliphatic carbocycles. The molecular weight excluding hydrogens is 246 g/mol. The first-order valence-electron chi connectivity index (χ1n) is 7.23. The minimum absolute atomic E-state index is 0.270. The summed E-state index contributed by atoms with van der Waals surface area (Å²) in [5, 5.41) is 3.42. The van der Waals surface area contributed by atoms with Crippen LogP contribution in [0.5, 0.6) is 5.75 Å². The highest BCUT2D eigenvalue weighted by molar-refractivity contribution is 5.45. The standard InChI is InChI=1S/C18H23NO/c1-4-15(3)20-18-11-7-16(8-12-18)13-19-17-9-5-14(2)6-10-17/h5-12,15,19H,4,13H2,1-3H3. The number of hydrogen-bond acceptors (Lipinski definition) is 2. The van der Waals surface area contributed by atoms with Crippen molar-refractivity contribution in [2.75, 3.05) is 5.32 Å². The topological polar surface area (TPSA) is 21.3 Å². The number of anilines is 1. The Balaban J connectivity index is 1.89. The average Bonchev–Trinajstić information content (AvgIpc) is 2.48. The van der Waals surface area contributed by atoms with E-state index in [1.807, 2.05) is 12.1 Å². The monoisotopic (exact) mass is 269 g/mol. The van der Waals surface area contributed by atoms with Gasteiger partial charge in [0.25, 0.3) is 0 Å². The molecule has 0 spiro atoms. The third kappa shape index (κ3) is 4.30. The largest absolute Gasteiger partial charge is 0.491 e. The zero-order chi connectivity index (χ0) is 14.4. The van der Waals surface area contributed by atoms with Gasteiger partial charge in [0.15, 0.2) is 0 Å². The first-order valence-corrected chi connectivity index (χ1v) is 7.23. The lowest BCUT2D eigenvalue weighted by molar-refractivity contribution is 0.217. The van der Waals surface area contributed by atoms with Crippen molar-refractivity contribution >= 4 is 5.69 Å². The summed E-state index contributed by atoms with van der Waals surface area (Å²) in [7, 11) is 0. The molecule has 0 aliphatic rings. The Morgan fingerprint density at radius 3 is 2.25 bits per heavy atom. The van der Waals surface area contributed by atoms with Crippen molar-refractivity contribution in [3.05, 3.63) is 59.7 Å². The fourth-order valence-electron chi connectivity index (χ4n) is 1.88. The molecule has 0 saturated heterocycles. The molecule has 1 N–H and O–H groups in total. The quantitative estimate of drug-likeness (QED) is 0.814. The molecule has 0 heterocycles. The molecular formula is C18H23NO. The van der Waals surface area contributed by atoms with E-state index in [4.69, 9.17) is 4.74 Å². The van der Waals surface area contributed by atoms with Gasteiger partial charge in [-0.15, -0.1) is 0 Å². The van der Waals surface area contributed by atoms with Gasteiger partial charge in [-0.2, -0.15) is 0 Å². The fraction of sp³-hybridized carbons (Fsp3) is 0.333. The van der Waals surface area contributed by atoms with Crippen LogP contribution < -0.4 is 10.1 Å². The Kier molecular flexibility index (Phi) is 5.05. The van der Waals surface area contributed by atoms with E-state index in [0.29, 0.717) is 0 Å². The number of nitrogens with one attached hydrogen (secondary N) is 1. The van der Waals surface area contributed by atoms with Crippen LogP contribution in [-0.4, -0.2) is 6.10 Å². The highest BCUT2D eigenvalue weighted by Crippen LogP contribution is 2.16. The Morgan fingerprint density at radius 1 is 1.00 bits per heavy atom. The van der Waals surface area contributed by atoms with Crippen molar-refractivity contribution in [1.82, 2.24) is 0 Å². The fourth-order valence-corrected chi connectivity index (χ4v) is 1.88. The van der Waals surface area contributed by atoms with Crippen LogP contribution in [0.3, 0.4) is 0 Å². The van der Waals surface area contributed by atoms with Gasteiger partial charge in [-0.05, 0) is 50.1 Å². The summed E-state index contributed by atoms with van der Waals surface area (Å²) in [5.41, 5.74) is 3.68. The van der Waals surface area contributed by atoms with E-state index >= 15 is 0 Å². The molecule has 2 rings (SSSR count). The van der Waals surface area contributed by atoms with Crippen molar-refractivity contribution in [3.8, 4) is 5.75 Å². The molecule has 106 valence electrons. The van der Waals surface area contributed by atoms with E-state index in [1.54, 1.807) is 0 Å². The van der Waals surface area contributed by atoms with E-state index in [-0.39, 0.29) is 6.10 Å². The Labute approximate surface area is 121 Å². The summed E-state index contributed by atoms with van der Waals surface area (Å²) in [5.74, 6) is 0.943. The molecule has 0 fully saturated rings. The molecule has 0 bridgehead atoms. The van der Waals surface area contributed by atoms with Gasteiger partial charge in [-0.3, -0.25) is 0 Å². The Bertz CT molecular complexity index is 516. The second-order valence-electron chi connectivity index (χ2n) is 5.20. The van der Waals surface area contributed by atoms with Crippen molar-refractivity contribution < 1.29 is 4.74 Å². The lowest BCUT2D eigenvalue weighted by Crippen LogP contribution is -2.09. The zero-order valence-electron chi connectivity index (χ0n) is 12.5. The smallest absolute Gasteiger partial charge is 0.119 e. The molecule has 2 aromatic rings. The number of aryl methyl sites for hydroxylation is 1. The molecule has 2 aromatic carbocycles. The molecule has 0 amide bonds. The minimum Gasteiger partial charge on any atom is -0.491 e. The summed E-state index contributed by atoms with van der Waals surface area (Å²) >= 11 is 0. The van der Waals surface area contributed by atoms with Crippen LogP contribution in [0.2, 0.25) is 0 Å². The normalized spacial score (nSPS) is 11.9. The number of ether oxygens (including phenoxy) is 1. The zero-order valence-corrected chi connectivity index (χ0v) is 12.5. The highest BCUT2D eigenvalue weighted by Gasteiger charge is 2.01. The minimum atomic E-state index is 0.270. The lowest BCUT2D eigenvalue weighted by atomic mass is 10.2. The van der Waals surface area contributed by atoms with Gasteiger partial charge in [0, 0.05) is 12.2 Å². The lowest BCUT2D eigenvalue weighted by Gasteiger charge is -2.13. The van der Waals surface area contributed by atoms with Crippen LogP contribution >= 0.6 is 0 Å². The maximum atomic E-state index is 5.77. The van der Waals surface area contributed by atoms with E-state index in [9.17, 15) is 0 Å². The van der Waals surface area contributed by atoms with Crippen LogP contribution in [0.4, 0.5) is 5.69 Å². The van der Waals surface area contributed by atoms with Gasteiger partial charge in [0.1, 0.15) is 5.75 Å². The first kappa shape index (κ1) is 14.4. The molecule has 0 aliphatic heterocycles. The van der Waals surface area contributed by atoms with Crippen LogP contribution in [0.15, 0.2) is 48.5 Å². The van der Waals surface area contributed by atoms with Crippen LogP contribution in [0, 0.1) is 6.92 Å². The summed E-state index contributed by atoms with van der Waals surface area (Å²) in [6.07, 6.45) is 1.29. The molecule has 0 aromatic heterocycles. The first-order chi connectivity index (χ1) is 9.67. The second-order valence-corrected chi connectivity index (χ2v) is 5.20. The van der Waals surface area contributed by atoms with Crippen molar-refractivity contribution in [2.45, 2.75) is 39.8 Å². The van der Waals surface area contributed by atoms with Gasteiger partial charge in [-0.25, -0.2) is 0 Å². The van der Waals surface area contributed by atoms with Crippen molar-refractivity contribution in [3.63, 3.8) is 0 Å². The van der Waals surface area contributed by atoms with Gasteiger partial charge in [-0.1, -0.05) is 36.8 Å². The second kappa shape index (κ2) is 6.99. The van der Waals surface area contributed by atoms with Crippen molar-refractivity contribution in [1.29, 1.82) is 0 Å². The molecule has 2 nitrogen and oxygen atoms in total. The molecule has 1 atom stereocenters. The SMILES string of the molecule is CCC(C)Oc1ccc(CNc2ccc(C)cc2)cc1. The molecule has 20 heavy (non-hydrogen) atoms. The molecule has 1 unspecified atom stereocenters. The van der Waals surface area contributed by atoms with E-state index in [1.165, 1.54) is 11.1 Å². The maximum Gasteiger partial charge on any atom is 0.119 e. The predicted octanol–water partition coefficient (Wildman–Crippen LogP) is 4.78. The van der Waals surface area contributed by atoms with Gasteiger partial charge in [0.2, 0.25) is 0 Å². The van der Waals surface area contributed by atoms with Crippen LogP contribution in [0.1, 0.15) is 31.4 Å². The summed E-state index contributed by atoms with van der Waals surface area (Å²) in [4.78, 5) is 0. The number of benzene rings is 2. The van der Waals surface area contributed by atoms with E-state index in [2.05, 4.69) is 62.5 Å². The van der Waals surface area contributed by atoms with Crippen LogP contribution in [-0.2, 0) is 6.54 Å². The van der Waals surface area contributed by atoms with Crippen LogP contribution in [0.25, 0.3) is 0 Å². The van der Waals surface area contributed by atoms with Gasteiger partial charge < -0.3 is 10.1 Å². The Morgan fingerprint density at radius 2 is 1.65 bits per heavy atom. The predicted molar refractivity (Wildman–Crippen MR) is 85.3 cm³/mol. The summed E-state index contributed by atoms with van der Waals surface area (Å²) < 4.78 is 5.77. The molecule has 0 saturated carbocycles. The van der Waals surface area contributed by atoms with Gasteiger partial charge in [0.05, 0.1) is 6.10 Å². The third-order valence-electron chi connectivity index (χ3n) is 3.38. The summed E-state index contributed by atoms with van der Waals surface area (Å²) in [6.45, 7) is 7.14. The summed E-state index contributed by atoms with van der Waals surface area (Å²) in [6, 6.07) is 16.7. The van der Waals surface area contributed by atoms with E-state index < -0.39 is 0 Å². The molecule has 0 radical (unpaired) electrons. The third-order valence-corrected chi connectivity index (χ3v) is 3.38.